The fourth-order valence-corrected chi connectivity index (χ4v) is 2.62. The van der Waals surface area contributed by atoms with Crippen molar-refractivity contribution < 1.29 is 9.90 Å². The Kier molecular flexibility index (Phi) is 4.51. The van der Waals surface area contributed by atoms with Crippen LogP contribution in [0.25, 0.3) is 0 Å². The van der Waals surface area contributed by atoms with E-state index < -0.39 is 0 Å². The van der Waals surface area contributed by atoms with Crippen LogP contribution in [0.5, 0.6) is 5.75 Å². The summed E-state index contributed by atoms with van der Waals surface area (Å²) < 4.78 is 0.781. The lowest BCUT2D eigenvalue weighted by Crippen LogP contribution is -2.45. The van der Waals surface area contributed by atoms with Crippen molar-refractivity contribution in [3.05, 3.63) is 28.2 Å². The first-order valence-electron chi connectivity index (χ1n) is 5.99. The van der Waals surface area contributed by atoms with Crippen molar-refractivity contribution in [3.8, 4) is 5.75 Å². The normalized spacial score (nSPS) is 15.2. The summed E-state index contributed by atoms with van der Waals surface area (Å²) in [6, 6.07) is 5.16. The van der Waals surface area contributed by atoms with Gasteiger partial charge in [0.2, 0.25) is 0 Å². The molecular weight excluding hydrogens is 318 g/mol. The number of hydrogen-bond donors (Lipinski definition) is 1. The lowest BCUT2D eigenvalue weighted by molar-refractivity contribution is 0.0595. The van der Waals surface area contributed by atoms with Crippen molar-refractivity contribution in [2.45, 2.75) is 25.3 Å². The van der Waals surface area contributed by atoms with Crippen LogP contribution in [0.2, 0.25) is 0 Å². The predicted molar refractivity (Wildman–Crippen MR) is 75.2 cm³/mol. The number of carbonyl (C=O) groups excluding carboxylic acids is 1. The maximum Gasteiger partial charge on any atom is 0.257 e. The molecule has 3 nitrogen and oxygen atoms in total. The van der Waals surface area contributed by atoms with Gasteiger partial charge in [-0.2, -0.15) is 0 Å². The zero-order valence-corrected chi connectivity index (χ0v) is 12.2. The Morgan fingerprint density at radius 2 is 2.22 bits per heavy atom. The number of aromatic hydroxyl groups is 1. The summed E-state index contributed by atoms with van der Waals surface area (Å²) in [4.78, 5) is 14.2. The van der Waals surface area contributed by atoms with E-state index in [0.29, 0.717) is 18.0 Å². The van der Waals surface area contributed by atoms with E-state index in [1.54, 1.807) is 17.0 Å². The Morgan fingerprint density at radius 3 is 2.78 bits per heavy atom. The van der Waals surface area contributed by atoms with Crippen molar-refractivity contribution in [3.63, 3.8) is 0 Å². The zero-order valence-electron chi connectivity index (χ0n) is 9.90. The maximum atomic E-state index is 12.4. The number of benzene rings is 1. The van der Waals surface area contributed by atoms with E-state index >= 15 is 0 Å². The highest BCUT2D eigenvalue weighted by atomic mass is 79.9. The number of phenols is 1. The molecular formula is C13H15BrClNO2. The lowest BCUT2D eigenvalue weighted by Gasteiger charge is -2.37. The van der Waals surface area contributed by atoms with E-state index in [2.05, 4.69) is 15.9 Å². The van der Waals surface area contributed by atoms with Gasteiger partial charge in [0.15, 0.2) is 0 Å². The van der Waals surface area contributed by atoms with Crippen LogP contribution in [-0.4, -0.2) is 34.4 Å². The SMILES string of the molecule is O=C(c1cc(Br)ccc1O)N(CCCl)C1CCC1. The second-order valence-corrected chi connectivity index (χ2v) is 5.73. The molecule has 1 aliphatic rings. The summed E-state index contributed by atoms with van der Waals surface area (Å²) >= 11 is 9.07. The van der Waals surface area contributed by atoms with Crippen LogP contribution in [0.4, 0.5) is 0 Å². The largest absolute Gasteiger partial charge is 0.507 e. The first-order valence-corrected chi connectivity index (χ1v) is 7.31. The molecule has 1 fully saturated rings. The van der Waals surface area contributed by atoms with Crippen molar-refractivity contribution in [1.82, 2.24) is 4.90 Å². The summed E-state index contributed by atoms with van der Waals surface area (Å²) in [6.45, 7) is 0.525. The fourth-order valence-electron chi connectivity index (χ4n) is 2.07. The molecule has 0 spiro atoms. The first kappa shape index (κ1) is 13.7. The number of amides is 1. The molecule has 1 N–H and O–H groups in total. The Labute approximate surface area is 120 Å². The second-order valence-electron chi connectivity index (χ2n) is 4.43. The molecule has 1 aromatic carbocycles. The van der Waals surface area contributed by atoms with Gasteiger partial charge in [0.1, 0.15) is 5.75 Å². The Bertz CT molecular complexity index is 449. The summed E-state index contributed by atoms with van der Waals surface area (Å²) in [5, 5.41) is 9.79. The number of halogens is 2. The smallest absolute Gasteiger partial charge is 0.257 e. The molecule has 0 aliphatic heterocycles. The van der Waals surface area contributed by atoms with Gasteiger partial charge in [0, 0.05) is 22.9 Å². The molecule has 0 unspecified atom stereocenters. The van der Waals surface area contributed by atoms with Gasteiger partial charge in [-0.1, -0.05) is 15.9 Å². The molecule has 18 heavy (non-hydrogen) atoms. The van der Waals surface area contributed by atoms with Crippen molar-refractivity contribution in [1.29, 1.82) is 0 Å². The lowest BCUT2D eigenvalue weighted by atomic mass is 9.91. The fraction of sp³-hybridized carbons (Fsp3) is 0.462. The highest BCUT2D eigenvalue weighted by Gasteiger charge is 2.30. The molecule has 0 atom stereocenters. The second kappa shape index (κ2) is 5.93. The van der Waals surface area contributed by atoms with Crippen molar-refractivity contribution in [2.24, 2.45) is 0 Å². The minimum atomic E-state index is -0.140. The third-order valence-electron chi connectivity index (χ3n) is 3.29. The Balaban J connectivity index is 2.23. The number of nitrogens with zero attached hydrogens (tertiary/aromatic N) is 1. The van der Waals surface area contributed by atoms with E-state index in [9.17, 15) is 9.90 Å². The third kappa shape index (κ3) is 2.81. The molecule has 2 rings (SSSR count). The highest BCUT2D eigenvalue weighted by Crippen LogP contribution is 2.29. The van der Waals surface area contributed by atoms with Crippen LogP contribution >= 0.6 is 27.5 Å². The molecule has 1 amide bonds. The molecule has 1 saturated carbocycles. The van der Waals surface area contributed by atoms with Crippen LogP contribution in [0.15, 0.2) is 22.7 Å². The van der Waals surface area contributed by atoms with Gasteiger partial charge < -0.3 is 10.0 Å². The standard InChI is InChI=1S/C13H15BrClNO2/c14-9-4-5-12(17)11(8-9)13(18)16(7-6-15)10-2-1-3-10/h4-5,8,10,17H,1-3,6-7H2. The van der Waals surface area contributed by atoms with Gasteiger partial charge in [-0.15, -0.1) is 11.6 Å². The molecule has 1 aromatic rings. The van der Waals surface area contributed by atoms with E-state index in [1.807, 2.05) is 0 Å². The quantitative estimate of drug-likeness (QED) is 0.859. The minimum absolute atomic E-state index is 0.0158. The van der Waals surface area contributed by atoms with Crippen LogP contribution < -0.4 is 0 Å². The number of rotatable bonds is 4. The summed E-state index contributed by atoms with van der Waals surface area (Å²) in [5.41, 5.74) is 0.335. The summed E-state index contributed by atoms with van der Waals surface area (Å²) in [5.74, 6) is 0.290. The first-order chi connectivity index (χ1) is 8.63. The highest BCUT2D eigenvalue weighted by molar-refractivity contribution is 9.10. The predicted octanol–water partition coefficient (Wildman–Crippen LogP) is 3.39. The molecule has 0 bridgehead atoms. The monoisotopic (exact) mass is 331 g/mol. The molecule has 0 radical (unpaired) electrons. The zero-order chi connectivity index (χ0) is 13.1. The maximum absolute atomic E-state index is 12.4. The molecule has 1 aliphatic carbocycles. The Hall–Kier alpha value is -0.740. The topological polar surface area (TPSA) is 40.5 Å². The van der Waals surface area contributed by atoms with E-state index in [4.69, 9.17) is 11.6 Å². The molecule has 0 saturated heterocycles. The summed E-state index contributed by atoms with van der Waals surface area (Å²) in [7, 11) is 0. The van der Waals surface area contributed by atoms with Gasteiger partial charge in [0.25, 0.3) is 5.91 Å². The van der Waals surface area contributed by atoms with Gasteiger partial charge in [0.05, 0.1) is 5.56 Å². The van der Waals surface area contributed by atoms with Gasteiger partial charge in [-0.3, -0.25) is 4.79 Å². The average Bonchev–Trinajstić information content (AvgIpc) is 2.28. The van der Waals surface area contributed by atoms with Crippen LogP contribution in [0.3, 0.4) is 0 Å². The summed E-state index contributed by atoms with van der Waals surface area (Å²) in [6.07, 6.45) is 3.20. The number of carbonyl (C=O) groups is 1. The van der Waals surface area contributed by atoms with Gasteiger partial charge >= 0.3 is 0 Å². The third-order valence-corrected chi connectivity index (χ3v) is 3.95. The Morgan fingerprint density at radius 1 is 1.50 bits per heavy atom. The van der Waals surface area contributed by atoms with E-state index in [0.717, 1.165) is 23.7 Å². The molecule has 98 valence electrons. The molecule has 0 heterocycles. The van der Waals surface area contributed by atoms with E-state index in [-0.39, 0.29) is 17.7 Å². The number of hydrogen-bond acceptors (Lipinski definition) is 2. The number of alkyl halides is 1. The van der Waals surface area contributed by atoms with Crippen LogP contribution in [0.1, 0.15) is 29.6 Å². The number of phenolic OH excluding ortho intramolecular Hbond substituents is 1. The average molecular weight is 333 g/mol. The molecule has 5 heteroatoms. The van der Waals surface area contributed by atoms with Gasteiger partial charge in [-0.25, -0.2) is 0 Å². The molecule has 0 aromatic heterocycles. The van der Waals surface area contributed by atoms with Gasteiger partial charge in [-0.05, 0) is 37.5 Å². The minimum Gasteiger partial charge on any atom is -0.507 e. The van der Waals surface area contributed by atoms with Crippen molar-refractivity contribution >= 4 is 33.4 Å². The van der Waals surface area contributed by atoms with Crippen LogP contribution in [-0.2, 0) is 0 Å². The van der Waals surface area contributed by atoms with E-state index in [1.165, 1.54) is 6.07 Å². The van der Waals surface area contributed by atoms with Crippen LogP contribution in [0, 0.1) is 0 Å². The van der Waals surface area contributed by atoms with Crippen molar-refractivity contribution in [2.75, 3.05) is 12.4 Å².